The van der Waals surface area contributed by atoms with E-state index in [0.717, 1.165) is 5.56 Å². The second-order valence-electron chi connectivity index (χ2n) is 6.42. The van der Waals surface area contributed by atoms with Crippen LogP contribution >= 0.6 is 11.3 Å². The monoisotopic (exact) mass is 422 g/mol. The van der Waals surface area contributed by atoms with Gasteiger partial charge in [-0.1, -0.05) is 30.3 Å². The highest BCUT2D eigenvalue weighted by molar-refractivity contribution is 7.13. The molecule has 0 bridgehead atoms. The first kappa shape index (κ1) is 19.7. The van der Waals surface area contributed by atoms with Crippen molar-refractivity contribution in [2.75, 3.05) is 0 Å². The Labute approximate surface area is 176 Å². The second kappa shape index (κ2) is 9.23. The topological polar surface area (TPSA) is 94.6 Å². The summed E-state index contributed by atoms with van der Waals surface area (Å²) in [4.78, 5) is 29.6. The minimum Gasteiger partial charge on any atom is -0.462 e. The van der Waals surface area contributed by atoms with Crippen molar-refractivity contribution in [3.8, 4) is 10.8 Å². The molecule has 0 aliphatic heterocycles. The molecular weight excluding hydrogens is 404 g/mol. The summed E-state index contributed by atoms with van der Waals surface area (Å²) in [6.45, 7) is -0.00203. The zero-order valence-electron chi connectivity index (χ0n) is 15.8. The summed E-state index contributed by atoms with van der Waals surface area (Å²) >= 11 is 1.40. The summed E-state index contributed by atoms with van der Waals surface area (Å²) in [6.07, 6.45) is 3.27. The van der Waals surface area contributed by atoms with E-state index in [9.17, 15) is 9.59 Å². The smallest absolute Gasteiger partial charge is 0.329 e. The molecule has 3 heterocycles. The molecule has 0 saturated heterocycles. The number of rotatable bonds is 8. The molecule has 1 N–H and O–H groups in total. The minimum atomic E-state index is -0.867. The lowest BCUT2D eigenvalue weighted by Crippen LogP contribution is -2.43. The number of esters is 1. The van der Waals surface area contributed by atoms with Crippen molar-refractivity contribution in [3.63, 3.8) is 0 Å². The number of amides is 1. The summed E-state index contributed by atoms with van der Waals surface area (Å²) in [6, 6.07) is 15.3. The van der Waals surface area contributed by atoms with Crippen LogP contribution in [0.4, 0.5) is 0 Å². The average Bonchev–Trinajstić information content (AvgIpc) is 3.54. The van der Waals surface area contributed by atoms with E-state index in [4.69, 9.17) is 13.6 Å². The predicted molar refractivity (Wildman–Crippen MR) is 110 cm³/mol. The fraction of sp³-hybridized carbons (Fsp3) is 0.136. The van der Waals surface area contributed by atoms with Crippen LogP contribution in [0.15, 0.2) is 81.3 Å². The molecule has 0 saturated carbocycles. The summed E-state index contributed by atoms with van der Waals surface area (Å²) in [5.41, 5.74) is 1.50. The second-order valence-corrected chi connectivity index (χ2v) is 7.28. The van der Waals surface area contributed by atoms with Gasteiger partial charge in [-0.05, 0) is 29.8 Å². The number of nitrogens with zero attached hydrogens (tertiary/aromatic N) is 1. The van der Waals surface area contributed by atoms with Crippen LogP contribution < -0.4 is 5.32 Å². The van der Waals surface area contributed by atoms with Crippen LogP contribution in [-0.4, -0.2) is 22.9 Å². The first-order valence-electron chi connectivity index (χ1n) is 9.22. The van der Waals surface area contributed by atoms with Gasteiger partial charge in [0.2, 0.25) is 0 Å². The van der Waals surface area contributed by atoms with Gasteiger partial charge in [0.1, 0.15) is 12.6 Å². The number of benzene rings is 1. The van der Waals surface area contributed by atoms with Crippen LogP contribution in [0.25, 0.3) is 10.8 Å². The maximum Gasteiger partial charge on any atom is 0.329 e. The van der Waals surface area contributed by atoms with Gasteiger partial charge < -0.3 is 18.9 Å². The lowest BCUT2D eigenvalue weighted by atomic mass is 10.1. The minimum absolute atomic E-state index is 0.00203. The SMILES string of the molecule is O=C(N[C@@H](Cc1ccccc1)C(=O)OCc1csc(-c2ccco2)n1)c1ccco1. The summed E-state index contributed by atoms with van der Waals surface area (Å²) < 4.78 is 15.9. The zero-order valence-corrected chi connectivity index (χ0v) is 16.6. The molecule has 0 aliphatic rings. The Balaban J connectivity index is 1.42. The fourth-order valence-corrected chi connectivity index (χ4v) is 3.58. The van der Waals surface area contributed by atoms with E-state index in [2.05, 4.69) is 10.3 Å². The van der Waals surface area contributed by atoms with Gasteiger partial charge in [0.05, 0.1) is 18.2 Å². The van der Waals surface area contributed by atoms with Crippen molar-refractivity contribution in [2.45, 2.75) is 19.1 Å². The van der Waals surface area contributed by atoms with Gasteiger partial charge in [0, 0.05) is 11.8 Å². The fourth-order valence-electron chi connectivity index (χ4n) is 2.81. The molecule has 1 aromatic carbocycles. The molecule has 1 atom stereocenters. The summed E-state index contributed by atoms with van der Waals surface area (Å²) in [7, 11) is 0. The van der Waals surface area contributed by atoms with Crippen molar-refractivity contribution in [1.29, 1.82) is 0 Å². The third kappa shape index (κ3) is 4.84. The highest BCUT2D eigenvalue weighted by Gasteiger charge is 2.25. The van der Waals surface area contributed by atoms with E-state index < -0.39 is 17.9 Å². The van der Waals surface area contributed by atoms with Gasteiger partial charge >= 0.3 is 5.97 Å². The van der Waals surface area contributed by atoms with Crippen LogP contribution in [0.5, 0.6) is 0 Å². The predicted octanol–water partition coefficient (Wildman–Crippen LogP) is 4.08. The average molecular weight is 422 g/mol. The first-order valence-corrected chi connectivity index (χ1v) is 10.1. The number of furan rings is 2. The van der Waals surface area contributed by atoms with Gasteiger partial charge in [0.25, 0.3) is 5.91 Å². The van der Waals surface area contributed by atoms with Gasteiger partial charge in [0.15, 0.2) is 16.5 Å². The highest BCUT2D eigenvalue weighted by atomic mass is 32.1. The van der Waals surface area contributed by atoms with Crippen molar-refractivity contribution >= 4 is 23.2 Å². The number of ether oxygens (including phenoxy) is 1. The Kier molecular flexibility index (Phi) is 6.05. The van der Waals surface area contributed by atoms with E-state index in [1.165, 1.54) is 23.7 Å². The Hall–Kier alpha value is -3.65. The van der Waals surface area contributed by atoms with Crippen LogP contribution in [-0.2, 0) is 22.6 Å². The third-order valence-corrected chi connectivity index (χ3v) is 5.17. The van der Waals surface area contributed by atoms with Crippen molar-refractivity contribution in [2.24, 2.45) is 0 Å². The van der Waals surface area contributed by atoms with E-state index in [1.807, 2.05) is 36.4 Å². The van der Waals surface area contributed by atoms with E-state index in [1.54, 1.807) is 23.8 Å². The number of nitrogens with one attached hydrogen (secondary N) is 1. The summed E-state index contributed by atoms with van der Waals surface area (Å²) in [5.74, 6) is -0.244. The largest absolute Gasteiger partial charge is 0.462 e. The molecule has 0 fully saturated rings. The van der Waals surface area contributed by atoms with Gasteiger partial charge in [-0.2, -0.15) is 0 Å². The maximum absolute atomic E-state index is 12.8. The molecule has 30 heavy (non-hydrogen) atoms. The first-order chi connectivity index (χ1) is 14.7. The van der Waals surface area contributed by atoms with Gasteiger partial charge in [-0.25, -0.2) is 9.78 Å². The Morgan fingerprint density at radius 1 is 1.03 bits per heavy atom. The van der Waals surface area contributed by atoms with E-state index >= 15 is 0 Å². The Morgan fingerprint density at radius 3 is 2.57 bits per heavy atom. The molecule has 1 amide bonds. The third-order valence-electron chi connectivity index (χ3n) is 4.26. The maximum atomic E-state index is 12.8. The number of hydrogen-bond acceptors (Lipinski definition) is 7. The molecule has 4 aromatic rings. The van der Waals surface area contributed by atoms with Crippen LogP contribution in [0, 0.1) is 0 Å². The van der Waals surface area contributed by atoms with Crippen LogP contribution in [0.3, 0.4) is 0 Å². The van der Waals surface area contributed by atoms with Crippen molar-refractivity contribution in [1.82, 2.24) is 10.3 Å². The molecule has 0 spiro atoms. The lowest BCUT2D eigenvalue weighted by molar-refractivity contribution is -0.147. The molecule has 3 aromatic heterocycles. The number of thiazole rings is 1. The number of hydrogen-bond donors (Lipinski definition) is 1. The quantitative estimate of drug-likeness (QED) is 0.430. The summed E-state index contributed by atoms with van der Waals surface area (Å²) in [5, 5.41) is 5.20. The standard InChI is InChI=1S/C22H18N2O5S/c25-20(18-8-4-10-27-18)24-17(12-15-6-2-1-3-7-15)22(26)29-13-16-14-30-21(23-16)19-9-5-11-28-19/h1-11,14,17H,12-13H2,(H,24,25)/t17-/m0/s1. The van der Waals surface area contributed by atoms with Crippen molar-refractivity contribution in [3.05, 3.63) is 89.5 Å². The Bertz CT molecular complexity index is 1090. The number of carbonyl (C=O) groups is 2. The van der Waals surface area contributed by atoms with Crippen LogP contribution in [0.1, 0.15) is 21.8 Å². The molecule has 8 heteroatoms. The zero-order chi connectivity index (χ0) is 20.8. The molecule has 0 radical (unpaired) electrons. The van der Waals surface area contributed by atoms with Gasteiger partial charge in [-0.3, -0.25) is 4.79 Å². The van der Waals surface area contributed by atoms with E-state index in [-0.39, 0.29) is 12.4 Å². The Morgan fingerprint density at radius 2 is 1.83 bits per heavy atom. The van der Waals surface area contributed by atoms with Gasteiger partial charge in [-0.15, -0.1) is 11.3 Å². The molecule has 4 rings (SSSR count). The molecule has 152 valence electrons. The normalized spacial score (nSPS) is 11.7. The number of carbonyl (C=O) groups excluding carboxylic acids is 2. The number of aromatic nitrogens is 1. The molecule has 0 aliphatic carbocycles. The van der Waals surface area contributed by atoms with Crippen LogP contribution in [0.2, 0.25) is 0 Å². The molecule has 0 unspecified atom stereocenters. The van der Waals surface area contributed by atoms with E-state index in [0.29, 0.717) is 22.9 Å². The lowest BCUT2D eigenvalue weighted by Gasteiger charge is -2.17. The molecule has 7 nitrogen and oxygen atoms in total. The highest BCUT2D eigenvalue weighted by Crippen LogP contribution is 2.24. The van der Waals surface area contributed by atoms with Crippen molar-refractivity contribution < 1.29 is 23.2 Å². The molecular formula is C22H18N2O5S.